The smallest absolute Gasteiger partial charge is 0.322 e. The Balaban J connectivity index is 1.41. The molecule has 1 atom stereocenters. The molecule has 31 heavy (non-hydrogen) atoms. The van der Waals surface area contributed by atoms with Crippen molar-refractivity contribution in [2.75, 3.05) is 11.9 Å². The fourth-order valence-electron chi connectivity index (χ4n) is 3.98. The molecule has 7 heteroatoms. The third-order valence-corrected chi connectivity index (χ3v) is 5.46. The van der Waals surface area contributed by atoms with Gasteiger partial charge in [0.05, 0.1) is 0 Å². The quantitative estimate of drug-likeness (QED) is 0.434. The van der Waals surface area contributed by atoms with Gasteiger partial charge in [-0.2, -0.15) is 0 Å². The third-order valence-electron chi connectivity index (χ3n) is 5.46. The molecule has 2 heterocycles. The van der Waals surface area contributed by atoms with E-state index in [1.54, 1.807) is 53.4 Å². The topological polar surface area (TPSA) is 58.4 Å². The number of amides is 2. The number of anilines is 1. The summed E-state index contributed by atoms with van der Waals surface area (Å²) >= 11 is 0. The summed E-state index contributed by atoms with van der Waals surface area (Å²) in [6, 6.07) is 17.0. The number of likely N-dealkylation sites (tertiary alicyclic amines) is 1. The van der Waals surface area contributed by atoms with E-state index in [0.29, 0.717) is 46.8 Å². The molecule has 0 bridgehead atoms. The second-order valence-electron chi connectivity index (χ2n) is 7.51. The van der Waals surface area contributed by atoms with Gasteiger partial charge in [-0.1, -0.05) is 30.3 Å². The van der Waals surface area contributed by atoms with Gasteiger partial charge >= 0.3 is 6.03 Å². The second-order valence-corrected chi connectivity index (χ2v) is 7.51. The molecule has 1 fully saturated rings. The molecule has 1 saturated heterocycles. The van der Waals surface area contributed by atoms with Crippen LogP contribution in [0.1, 0.15) is 24.8 Å². The van der Waals surface area contributed by atoms with Crippen molar-refractivity contribution in [3.63, 3.8) is 0 Å². The fraction of sp³-hybridized carbons (Fsp3) is 0.167. The predicted molar refractivity (Wildman–Crippen MR) is 114 cm³/mol. The first-order valence-electron chi connectivity index (χ1n) is 10.1. The van der Waals surface area contributed by atoms with E-state index in [-0.39, 0.29) is 17.9 Å². The van der Waals surface area contributed by atoms with E-state index >= 15 is 0 Å². The summed E-state index contributed by atoms with van der Waals surface area (Å²) in [6.45, 7) is 0.547. The molecule has 156 valence electrons. The molecule has 5 rings (SSSR count). The molecule has 1 aliphatic rings. The zero-order valence-electron chi connectivity index (χ0n) is 16.5. The number of benzene rings is 3. The minimum absolute atomic E-state index is 0.304. The third kappa shape index (κ3) is 3.74. The Morgan fingerprint density at radius 1 is 1.06 bits per heavy atom. The molecule has 1 aliphatic heterocycles. The van der Waals surface area contributed by atoms with Crippen LogP contribution in [-0.4, -0.2) is 22.5 Å². The summed E-state index contributed by atoms with van der Waals surface area (Å²) in [5.74, 6) is -0.283. The standard InChI is InChI=1S/C24H19F2N3O2/c25-16-5-3-6-17(14-16)27-24(30)29-12-4-9-21(29)23-28-20-13-15(10-11-22(20)31-23)18-7-1-2-8-19(18)26/h1-3,5-8,10-11,13-14,21H,4,9,12H2,(H,27,30)/t21-/m1/s1. The predicted octanol–water partition coefficient (Wildman–Crippen LogP) is 6.14. The number of nitrogens with zero attached hydrogens (tertiary/aromatic N) is 2. The summed E-state index contributed by atoms with van der Waals surface area (Å²) in [6.07, 6.45) is 1.52. The molecule has 4 aromatic rings. The zero-order valence-corrected chi connectivity index (χ0v) is 16.5. The Kier molecular flexibility index (Phi) is 4.86. The van der Waals surface area contributed by atoms with Gasteiger partial charge in [-0.25, -0.2) is 18.6 Å². The maximum absolute atomic E-state index is 14.2. The molecule has 5 nitrogen and oxygen atoms in total. The summed E-state index contributed by atoms with van der Waals surface area (Å²) in [5, 5.41) is 2.73. The van der Waals surface area contributed by atoms with Crippen LogP contribution in [-0.2, 0) is 0 Å². The van der Waals surface area contributed by atoms with Crippen LogP contribution in [0.15, 0.2) is 71.1 Å². The van der Waals surface area contributed by atoms with Gasteiger partial charge in [0.2, 0.25) is 5.89 Å². The van der Waals surface area contributed by atoms with Gasteiger partial charge in [0.1, 0.15) is 23.2 Å². The molecule has 0 aliphatic carbocycles. The van der Waals surface area contributed by atoms with Crippen LogP contribution in [0.3, 0.4) is 0 Å². The van der Waals surface area contributed by atoms with Crippen LogP contribution < -0.4 is 5.32 Å². The Hall–Kier alpha value is -3.74. The van der Waals surface area contributed by atoms with Crippen molar-refractivity contribution in [2.24, 2.45) is 0 Å². The van der Waals surface area contributed by atoms with Crippen LogP contribution in [0.25, 0.3) is 22.2 Å². The van der Waals surface area contributed by atoms with Crippen LogP contribution in [0.4, 0.5) is 19.3 Å². The number of hydrogen-bond acceptors (Lipinski definition) is 3. The number of hydrogen-bond donors (Lipinski definition) is 1. The molecular weight excluding hydrogens is 400 g/mol. The fourth-order valence-corrected chi connectivity index (χ4v) is 3.98. The van der Waals surface area contributed by atoms with E-state index in [0.717, 1.165) is 6.42 Å². The van der Waals surface area contributed by atoms with Crippen molar-refractivity contribution in [1.82, 2.24) is 9.88 Å². The number of urea groups is 1. The van der Waals surface area contributed by atoms with Crippen LogP contribution >= 0.6 is 0 Å². The monoisotopic (exact) mass is 419 g/mol. The van der Waals surface area contributed by atoms with Gasteiger partial charge in [-0.15, -0.1) is 0 Å². The number of aromatic nitrogens is 1. The SMILES string of the molecule is O=C(Nc1cccc(F)c1)N1CCC[C@@H]1c1nc2cc(-c3ccccc3F)ccc2o1. The highest BCUT2D eigenvalue weighted by molar-refractivity contribution is 5.90. The van der Waals surface area contributed by atoms with E-state index < -0.39 is 5.82 Å². The van der Waals surface area contributed by atoms with Crippen molar-refractivity contribution in [2.45, 2.75) is 18.9 Å². The van der Waals surface area contributed by atoms with Crippen LogP contribution in [0, 0.1) is 11.6 Å². The Bertz CT molecular complexity index is 1270. The minimum atomic E-state index is -0.416. The van der Waals surface area contributed by atoms with E-state index in [4.69, 9.17) is 4.42 Å². The first-order valence-corrected chi connectivity index (χ1v) is 10.1. The molecule has 1 aromatic heterocycles. The van der Waals surface area contributed by atoms with Gasteiger partial charge in [0.15, 0.2) is 5.58 Å². The first-order chi connectivity index (χ1) is 15.1. The highest BCUT2D eigenvalue weighted by Gasteiger charge is 2.33. The largest absolute Gasteiger partial charge is 0.438 e. The summed E-state index contributed by atoms with van der Waals surface area (Å²) in [4.78, 5) is 19.0. The van der Waals surface area contributed by atoms with Crippen molar-refractivity contribution in [3.8, 4) is 11.1 Å². The lowest BCUT2D eigenvalue weighted by Gasteiger charge is -2.22. The number of rotatable bonds is 3. The molecule has 0 radical (unpaired) electrons. The Labute approximate surface area is 177 Å². The number of nitrogens with one attached hydrogen (secondary N) is 1. The van der Waals surface area contributed by atoms with E-state index in [2.05, 4.69) is 10.3 Å². The summed E-state index contributed by atoms with van der Waals surface area (Å²) in [5.41, 5.74) is 2.77. The summed E-state index contributed by atoms with van der Waals surface area (Å²) in [7, 11) is 0. The highest BCUT2D eigenvalue weighted by atomic mass is 19.1. The number of fused-ring (bicyclic) bond motifs is 1. The molecular formula is C24H19F2N3O2. The maximum Gasteiger partial charge on any atom is 0.322 e. The Morgan fingerprint density at radius 2 is 1.94 bits per heavy atom. The van der Waals surface area contributed by atoms with Crippen LogP contribution in [0.2, 0.25) is 0 Å². The lowest BCUT2D eigenvalue weighted by atomic mass is 10.0. The number of carbonyl (C=O) groups is 1. The van der Waals surface area contributed by atoms with Crippen molar-refractivity contribution in [1.29, 1.82) is 0 Å². The van der Waals surface area contributed by atoms with E-state index in [9.17, 15) is 13.6 Å². The molecule has 2 amide bonds. The van der Waals surface area contributed by atoms with Crippen molar-refractivity contribution in [3.05, 3.63) is 84.3 Å². The maximum atomic E-state index is 14.2. The van der Waals surface area contributed by atoms with Crippen LogP contribution in [0.5, 0.6) is 0 Å². The average molecular weight is 419 g/mol. The van der Waals surface area contributed by atoms with Gasteiger partial charge in [0.25, 0.3) is 0 Å². The number of carbonyl (C=O) groups excluding carboxylic acids is 1. The first kappa shape index (κ1) is 19.2. The number of oxazole rings is 1. The second kappa shape index (κ2) is 7.83. The Morgan fingerprint density at radius 3 is 2.77 bits per heavy atom. The molecule has 0 spiro atoms. The highest BCUT2D eigenvalue weighted by Crippen LogP contribution is 2.35. The molecule has 0 saturated carbocycles. The average Bonchev–Trinajstić information content (AvgIpc) is 3.40. The number of halogens is 2. The van der Waals surface area contributed by atoms with Gasteiger partial charge in [0, 0.05) is 17.8 Å². The lowest BCUT2D eigenvalue weighted by molar-refractivity contribution is 0.199. The molecule has 1 N–H and O–H groups in total. The molecule has 0 unspecified atom stereocenters. The summed E-state index contributed by atoms with van der Waals surface area (Å²) < 4.78 is 33.5. The van der Waals surface area contributed by atoms with Gasteiger partial charge in [-0.3, -0.25) is 0 Å². The molecule has 3 aromatic carbocycles. The normalized spacial score (nSPS) is 16.1. The van der Waals surface area contributed by atoms with Gasteiger partial charge < -0.3 is 14.6 Å². The van der Waals surface area contributed by atoms with Gasteiger partial charge in [-0.05, 0) is 54.8 Å². The van der Waals surface area contributed by atoms with E-state index in [1.165, 1.54) is 18.2 Å². The van der Waals surface area contributed by atoms with Crippen molar-refractivity contribution >= 4 is 22.8 Å². The van der Waals surface area contributed by atoms with Crippen molar-refractivity contribution < 1.29 is 18.0 Å². The minimum Gasteiger partial charge on any atom is -0.438 e. The zero-order chi connectivity index (χ0) is 21.4. The van der Waals surface area contributed by atoms with E-state index in [1.807, 2.05) is 0 Å². The lowest BCUT2D eigenvalue weighted by Crippen LogP contribution is -2.34.